The van der Waals surface area contributed by atoms with Gasteiger partial charge in [-0.25, -0.2) is 19.5 Å². The van der Waals surface area contributed by atoms with Gasteiger partial charge in [-0.15, -0.1) is 0 Å². The van der Waals surface area contributed by atoms with Crippen LogP contribution in [0.25, 0.3) is 16.6 Å². The number of hydrogen-bond acceptors (Lipinski definition) is 8. The van der Waals surface area contributed by atoms with Crippen molar-refractivity contribution in [1.82, 2.24) is 24.6 Å². The lowest BCUT2D eigenvalue weighted by Crippen LogP contribution is -2.27. The molecule has 0 fully saturated rings. The molecule has 9 nitrogen and oxygen atoms in total. The topological polar surface area (TPSA) is 107 Å². The number of aromatic nitrogens is 5. The average molecular weight is 457 g/mol. The van der Waals surface area contributed by atoms with Gasteiger partial charge in [0.2, 0.25) is 0 Å². The predicted octanol–water partition coefficient (Wildman–Crippen LogP) is 4.67. The Hall–Kier alpha value is -4.24. The first-order valence-electron chi connectivity index (χ1n) is 10.8. The molecule has 0 aliphatic rings. The lowest BCUT2D eigenvalue weighted by Gasteiger charge is -2.18. The smallest absolute Gasteiger partial charge is 0.158 e. The van der Waals surface area contributed by atoms with E-state index >= 15 is 0 Å². The van der Waals surface area contributed by atoms with Gasteiger partial charge >= 0.3 is 0 Å². The third-order valence-electron chi connectivity index (χ3n) is 5.12. The fourth-order valence-corrected chi connectivity index (χ4v) is 3.45. The molecular weight excluding hydrogens is 432 g/mol. The van der Waals surface area contributed by atoms with Crippen LogP contribution in [0.1, 0.15) is 19.4 Å². The van der Waals surface area contributed by atoms with E-state index in [1.165, 1.54) is 12.7 Å². The minimum atomic E-state index is -0.925. The van der Waals surface area contributed by atoms with Crippen LogP contribution in [0.2, 0.25) is 0 Å². The number of nitrogens with zero attached hydrogens (tertiary/aromatic N) is 5. The second-order valence-electron chi connectivity index (χ2n) is 8.63. The molecule has 0 saturated carbocycles. The first-order chi connectivity index (χ1) is 16.3. The molecule has 0 aliphatic heterocycles. The average Bonchev–Trinajstić information content (AvgIpc) is 3.27. The monoisotopic (exact) mass is 456 g/mol. The van der Waals surface area contributed by atoms with E-state index in [0.717, 1.165) is 33.6 Å². The van der Waals surface area contributed by atoms with Crippen LogP contribution in [0.15, 0.2) is 67.4 Å². The molecule has 0 saturated heterocycles. The number of anilines is 2. The van der Waals surface area contributed by atoms with Gasteiger partial charge in [-0.3, -0.25) is 0 Å². The SMILES string of the molecule is Cc1cc(Nc2ncnc3ccc(OCC(C)(C)O)cc23)ccc1Oc1ccn2ncnc2c1. The molecule has 0 aliphatic carbocycles. The summed E-state index contributed by atoms with van der Waals surface area (Å²) in [7, 11) is 0. The van der Waals surface area contributed by atoms with E-state index in [1.807, 2.05) is 61.7 Å². The Labute approximate surface area is 196 Å². The highest BCUT2D eigenvalue weighted by atomic mass is 16.5. The van der Waals surface area contributed by atoms with Gasteiger partial charge in [-0.05, 0) is 68.8 Å². The van der Waals surface area contributed by atoms with E-state index in [-0.39, 0.29) is 6.61 Å². The summed E-state index contributed by atoms with van der Waals surface area (Å²) in [5, 5.41) is 18.2. The molecular formula is C25H24N6O3. The Morgan fingerprint density at radius 3 is 2.68 bits per heavy atom. The highest BCUT2D eigenvalue weighted by Gasteiger charge is 2.14. The van der Waals surface area contributed by atoms with E-state index < -0.39 is 5.60 Å². The molecule has 5 rings (SSSR count). The van der Waals surface area contributed by atoms with Crippen LogP contribution in [0, 0.1) is 6.92 Å². The molecule has 0 radical (unpaired) electrons. The number of hydrogen-bond donors (Lipinski definition) is 2. The minimum absolute atomic E-state index is 0.180. The van der Waals surface area contributed by atoms with Crippen molar-refractivity contribution in [2.24, 2.45) is 0 Å². The second kappa shape index (κ2) is 8.60. The van der Waals surface area contributed by atoms with Crippen LogP contribution in [-0.2, 0) is 0 Å². The van der Waals surface area contributed by atoms with Gasteiger partial charge in [-0.2, -0.15) is 5.10 Å². The summed E-state index contributed by atoms with van der Waals surface area (Å²) in [6, 6.07) is 15.1. The summed E-state index contributed by atoms with van der Waals surface area (Å²) in [6.45, 7) is 5.57. The molecule has 9 heteroatoms. The summed E-state index contributed by atoms with van der Waals surface area (Å²) in [5.74, 6) is 2.72. The third kappa shape index (κ3) is 4.74. The molecule has 0 spiro atoms. The van der Waals surface area contributed by atoms with Gasteiger partial charge in [-0.1, -0.05) is 0 Å². The van der Waals surface area contributed by atoms with Crippen LogP contribution in [0.3, 0.4) is 0 Å². The van der Waals surface area contributed by atoms with Crippen molar-refractivity contribution in [2.75, 3.05) is 11.9 Å². The minimum Gasteiger partial charge on any atom is -0.491 e. The first-order valence-corrected chi connectivity index (χ1v) is 10.8. The standard InChI is InChI=1S/C25H24N6O3/c1-16-10-17(4-7-22(16)34-19-8-9-31-23(12-19)27-15-29-31)30-24-20-11-18(33-13-25(2,3)32)5-6-21(20)26-14-28-24/h4-12,14-15,32H,13H2,1-3H3,(H,26,28,30). The van der Waals surface area contributed by atoms with Crippen molar-refractivity contribution < 1.29 is 14.6 Å². The van der Waals surface area contributed by atoms with Crippen molar-refractivity contribution in [1.29, 1.82) is 0 Å². The number of benzene rings is 2. The molecule has 172 valence electrons. The molecule has 0 unspecified atom stereocenters. The molecule has 2 N–H and O–H groups in total. The van der Waals surface area contributed by atoms with Crippen molar-refractivity contribution in [3.8, 4) is 17.2 Å². The van der Waals surface area contributed by atoms with Gasteiger partial charge in [0, 0.05) is 23.3 Å². The number of aryl methyl sites for hydroxylation is 1. The molecule has 0 amide bonds. The Kier molecular flexibility index (Phi) is 5.46. The Morgan fingerprint density at radius 1 is 0.971 bits per heavy atom. The lowest BCUT2D eigenvalue weighted by molar-refractivity contribution is 0.0285. The largest absolute Gasteiger partial charge is 0.491 e. The number of ether oxygens (including phenoxy) is 2. The fraction of sp³-hybridized carbons (Fsp3) is 0.200. The summed E-state index contributed by atoms with van der Waals surface area (Å²) >= 11 is 0. The van der Waals surface area contributed by atoms with Crippen LogP contribution >= 0.6 is 0 Å². The van der Waals surface area contributed by atoms with Crippen molar-refractivity contribution in [3.05, 3.63) is 72.9 Å². The fourth-order valence-electron chi connectivity index (χ4n) is 3.45. The van der Waals surface area contributed by atoms with E-state index in [1.54, 1.807) is 18.4 Å². The van der Waals surface area contributed by atoms with Gasteiger partial charge in [0.15, 0.2) is 5.65 Å². The molecule has 5 aromatic rings. The lowest BCUT2D eigenvalue weighted by atomic mass is 10.1. The molecule has 3 heterocycles. The predicted molar refractivity (Wildman–Crippen MR) is 129 cm³/mol. The highest BCUT2D eigenvalue weighted by molar-refractivity contribution is 5.91. The Balaban J connectivity index is 1.37. The van der Waals surface area contributed by atoms with E-state index in [2.05, 4.69) is 25.4 Å². The van der Waals surface area contributed by atoms with Crippen LogP contribution < -0.4 is 14.8 Å². The Bertz CT molecular complexity index is 1480. The van der Waals surface area contributed by atoms with Gasteiger partial charge in [0.1, 0.15) is 42.3 Å². The van der Waals surface area contributed by atoms with Crippen molar-refractivity contribution in [3.63, 3.8) is 0 Å². The van der Waals surface area contributed by atoms with E-state index in [4.69, 9.17) is 9.47 Å². The zero-order chi connectivity index (χ0) is 23.7. The second-order valence-corrected chi connectivity index (χ2v) is 8.63. The number of fused-ring (bicyclic) bond motifs is 2. The van der Waals surface area contributed by atoms with Crippen molar-refractivity contribution >= 4 is 28.1 Å². The highest BCUT2D eigenvalue weighted by Crippen LogP contribution is 2.31. The number of pyridine rings is 1. The normalized spacial score (nSPS) is 11.6. The summed E-state index contributed by atoms with van der Waals surface area (Å²) < 4.78 is 13.5. The maximum absolute atomic E-state index is 9.94. The van der Waals surface area contributed by atoms with Crippen LogP contribution in [0.4, 0.5) is 11.5 Å². The maximum Gasteiger partial charge on any atom is 0.158 e. The van der Waals surface area contributed by atoms with Gasteiger partial charge < -0.3 is 19.9 Å². The summed E-state index contributed by atoms with van der Waals surface area (Å²) in [6.07, 6.45) is 4.83. The Morgan fingerprint density at radius 2 is 1.85 bits per heavy atom. The summed E-state index contributed by atoms with van der Waals surface area (Å²) in [5.41, 5.74) is 2.40. The molecule has 0 atom stereocenters. The first kappa shape index (κ1) is 21.6. The maximum atomic E-state index is 9.94. The zero-order valence-corrected chi connectivity index (χ0v) is 19.1. The van der Waals surface area contributed by atoms with Gasteiger partial charge in [0.25, 0.3) is 0 Å². The number of nitrogens with one attached hydrogen (secondary N) is 1. The zero-order valence-electron chi connectivity index (χ0n) is 19.1. The number of aliphatic hydroxyl groups is 1. The van der Waals surface area contributed by atoms with Crippen LogP contribution in [0.5, 0.6) is 17.2 Å². The van der Waals surface area contributed by atoms with E-state index in [0.29, 0.717) is 17.3 Å². The molecule has 0 bridgehead atoms. The molecule has 34 heavy (non-hydrogen) atoms. The number of rotatable bonds is 7. The molecule has 3 aromatic heterocycles. The van der Waals surface area contributed by atoms with Crippen LogP contribution in [-0.4, -0.2) is 41.9 Å². The van der Waals surface area contributed by atoms with Crippen molar-refractivity contribution in [2.45, 2.75) is 26.4 Å². The van der Waals surface area contributed by atoms with E-state index in [9.17, 15) is 5.11 Å². The summed E-state index contributed by atoms with van der Waals surface area (Å²) in [4.78, 5) is 13.0. The van der Waals surface area contributed by atoms with Gasteiger partial charge in [0.05, 0.1) is 11.1 Å². The third-order valence-corrected chi connectivity index (χ3v) is 5.12. The molecule has 2 aromatic carbocycles. The quantitative estimate of drug-likeness (QED) is 0.364.